The number of amides is 3. The molecule has 0 unspecified atom stereocenters. The number of nitrogens with two attached hydrogens (primary N) is 2. The van der Waals surface area contributed by atoms with Gasteiger partial charge < -0.3 is 26.6 Å². The van der Waals surface area contributed by atoms with Crippen LogP contribution in [0.5, 0.6) is 0 Å². The molecule has 1 heterocycles. The average molecular weight is 189 g/mol. The van der Waals surface area contributed by atoms with Crippen LogP contribution in [0.15, 0.2) is 0 Å². The zero-order valence-corrected chi connectivity index (χ0v) is 6.75. The molecule has 0 aromatic rings. The first kappa shape index (κ1) is 9.75. The van der Waals surface area contributed by atoms with Crippen LogP contribution in [-0.4, -0.2) is 51.8 Å². The Morgan fingerprint density at radius 2 is 2.00 bits per heavy atom. The predicted molar refractivity (Wildman–Crippen MR) is 41.3 cm³/mol. The van der Waals surface area contributed by atoms with E-state index in [4.69, 9.17) is 21.7 Å². The summed E-state index contributed by atoms with van der Waals surface area (Å²) in [4.78, 5) is 22.3. The lowest BCUT2D eigenvalue weighted by molar-refractivity contribution is -0.118. The van der Waals surface area contributed by atoms with Crippen LogP contribution in [0.2, 0.25) is 0 Å². The van der Waals surface area contributed by atoms with E-state index in [1.54, 1.807) is 0 Å². The zero-order valence-electron chi connectivity index (χ0n) is 6.75. The Hall–Kier alpha value is -1.34. The van der Waals surface area contributed by atoms with Gasteiger partial charge in [-0.2, -0.15) is 0 Å². The van der Waals surface area contributed by atoms with E-state index >= 15 is 0 Å². The van der Waals surface area contributed by atoms with Gasteiger partial charge in [-0.05, 0) is 0 Å². The van der Waals surface area contributed by atoms with Crippen LogP contribution in [0, 0.1) is 0 Å². The second-order valence-corrected chi connectivity index (χ2v) is 2.83. The second kappa shape index (κ2) is 3.19. The summed E-state index contributed by atoms with van der Waals surface area (Å²) in [5.74, 6) is -0.740. The smallest absolute Gasteiger partial charge is 0.315 e. The van der Waals surface area contributed by atoms with Crippen LogP contribution in [0.4, 0.5) is 4.79 Å². The van der Waals surface area contributed by atoms with Gasteiger partial charge >= 0.3 is 6.03 Å². The lowest BCUT2D eigenvalue weighted by atomic mass is 10.2. The minimum Gasteiger partial charge on any atom is -0.394 e. The van der Waals surface area contributed by atoms with Crippen LogP contribution in [0.25, 0.3) is 0 Å². The molecule has 3 atom stereocenters. The Balaban J connectivity index is 2.67. The lowest BCUT2D eigenvalue weighted by Gasteiger charge is -2.03. The molecule has 0 radical (unpaired) electrons. The molecular weight excluding hydrogens is 178 g/mol. The summed E-state index contributed by atoms with van der Waals surface area (Å²) in [7, 11) is 0. The van der Waals surface area contributed by atoms with Crippen molar-refractivity contribution < 1.29 is 19.8 Å². The number of nitrogens with zero attached hydrogens (tertiary/aromatic N) is 1. The molecule has 7 heteroatoms. The molecule has 1 rings (SSSR count). The summed E-state index contributed by atoms with van der Waals surface area (Å²) < 4.78 is 0. The van der Waals surface area contributed by atoms with Crippen molar-refractivity contribution in [3.05, 3.63) is 0 Å². The highest BCUT2D eigenvalue weighted by atomic mass is 16.3. The van der Waals surface area contributed by atoms with Gasteiger partial charge in [-0.15, -0.1) is 0 Å². The molecule has 3 amide bonds. The number of carbonyl (C=O) groups is 2. The van der Waals surface area contributed by atoms with Crippen LogP contribution in [-0.2, 0) is 4.79 Å². The van der Waals surface area contributed by atoms with E-state index in [1.807, 2.05) is 0 Å². The number of aliphatic hydroxyl groups excluding tert-OH is 2. The molecule has 0 aromatic carbocycles. The van der Waals surface area contributed by atoms with Crippen molar-refractivity contribution >= 4 is 11.9 Å². The van der Waals surface area contributed by atoms with Crippen LogP contribution in [0.1, 0.15) is 0 Å². The largest absolute Gasteiger partial charge is 0.394 e. The maximum absolute atomic E-state index is 10.7. The SMILES string of the molecule is NC(=O)[C@@H]1[C@H]([C@H](O)CO)N1C(N)=O. The van der Waals surface area contributed by atoms with Crippen LogP contribution in [0.3, 0.4) is 0 Å². The highest BCUT2D eigenvalue weighted by Crippen LogP contribution is 2.30. The predicted octanol–water partition coefficient (Wildman–Crippen LogP) is -3.04. The molecule has 13 heavy (non-hydrogen) atoms. The quantitative estimate of drug-likeness (QED) is 0.351. The Morgan fingerprint density at radius 1 is 1.46 bits per heavy atom. The van der Waals surface area contributed by atoms with Crippen molar-refractivity contribution in [3.8, 4) is 0 Å². The highest BCUT2D eigenvalue weighted by molar-refractivity contribution is 5.91. The molecule has 1 saturated heterocycles. The van der Waals surface area contributed by atoms with Gasteiger partial charge in [0.05, 0.1) is 12.6 Å². The summed E-state index contributed by atoms with van der Waals surface area (Å²) >= 11 is 0. The van der Waals surface area contributed by atoms with E-state index < -0.39 is 36.7 Å². The lowest BCUT2D eigenvalue weighted by Crippen LogP contribution is -2.28. The topological polar surface area (TPSA) is 130 Å². The summed E-state index contributed by atoms with van der Waals surface area (Å²) in [6.07, 6.45) is -1.18. The number of hydrogen-bond donors (Lipinski definition) is 4. The third-order valence-electron chi connectivity index (χ3n) is 1.98. The Kier molecular flexibility index (Phi) is 2.39. The van der Waals surface area contributed by atoms with E-state index in [9.17, 15) is 9.59 Å². The van der Waals surface area contributed by atoms with Gasteiger partial charge in [-0.3, -0.25) is 4.79 Å². The van der Waals surface area contributed by atoms with Crippen LogP contribution < -0.4 is 11.5 Å². The third-order valence-corrected chi connectivity index (χ3v) is 1.98. The summed E-state index contributed by atoms with van der Waals surface area (Å²) in [6.45, 7) is -0.543. The molecule has 0 bridgehead atoms. The van der Waals surface area contributed by atoms with Gasteiger partial charge in [0.1, 0.15) is 12.1 Å². The van der Waals surface area contributed by atoms with Crippen molar-refractivity contribution in [2.45, 2.75) is 18.2 Å². The van der Waals surface area contributed by atoms with Crippen molar-refractivity contribution in [2.24, 2.45) is 11.5 Å². The van der Waals surface area contributed by atoms with E-state index in [0.717, 1.165) is 4.90 Å². The zero-order chi connectivity index (χ0) is 10.2. The van der Waals surface area contributed by atoms with Gasteiger partial charge in [0.15, 0.2) is 0 Å². The number of urea groups is 1. The van der Waals surface area contributed by atoms with E-state index in [-0.39, 0.29) is 0 Å². The highest BCUT2D eigenvalue weighted by Gasteiger charge is 2.57. The minimum atomic E-state index is -1.18. The maximum Gasteiger partial charge on any atom is 0.315 e. The summed E-state index contributed by atoms with van der Waals surface area (Å²) in [5, 5.41) is 17.7. The molecule has 7 nitrogen and oxygen atoms in total. The fourth-order valence-electron chi connectivity index (χ4n) is 1.34. The molecule has 74 valence electrons. The molecule has 0 spiro atoms. The van der Waals surface area contributed by atoms with E-state index in [0.29, 0.717) is 0 Å². The fraction of sp³-hybridized carbons (Fsp3) is 0.667. The van der Waals surface area contributed by atoms with Crippen molar-refractivity contribution in [1.29, 1.82) is 0 Å². The summed E-state index contributed by atoms with van der Waals surface area (Å²) in [5.41, 5.74) is 9.82. The second-order valence-electron chi connectivity index (χ2n) is 2.83. The minimum absolute atomic E-state index is 0.543. The van der Waals surface area contributed by atoms with Gasteiger partial charge in [0.25, 0.3) is 0 Å². The van der Waals surface area contributed by atoms with Crippen molar-refractivity contribution in [1.82, 2.24) is 4.90 Å². The standard InChI is InChI=1S/C6H11N3O4/c7-5(12)4-3(2(11)1-10)9(4)6(8)13/h2-4,10-11H,1H2,(H2,7,12)(H2,8,13)/t2-,3+,4+,9?/m1/s1. The third kappa shape index (κ3) is 1.56. The Morgan fingerprint density at radius 3 is 2.23 bits per heavy atom. The first-order chi connectivity index (χ1) is 6.00. The first-order valence-corrected chi connectivity index (χ1v) is 3.66. The maximum atomic E-state index is 10.7. The summed E-state index contributed by atoms with van der Waals surface area (Å²) in [6, 6.07) is -2.50. The molecule has 0 aromatic heterocycles. The van der Waals surface area contributed by atoms with Gasteiger partial charge in [-0.25, -0.2) is 4.79 Å². The van der Waals surface area contributed by atoms with E-state index in [2.05, 4.69) is 0 Å². The Labute approximate surface area is 73.9 Å². The van der Waals surface area contributed by atoms with Crippen molar-refractivity contribution in [3.63, 3.8) is 0 Å². The molecule has 6 N–H and O–H groups in total. The molecule has 1 fully saturated rings. The number of hydrogen-bond acceptors (Lipinski definition) is 4. The first-order valence-electron chi connectivity index (χ1n) is 3.66. The van der Waals surface area contributed by atoms with Crippen LogP contribution >= 0.6 is 0 Å². The number of carbonyl (C=O) groups excluding carboxylic acids is 2. The number of aliphatic hydroxyl groups is 2. The molecule has 1 aliphatic rings. The van der Waals surface area contributed by atoms with Gasteiger partial charge in [0.2, 0.25) is 5.91 Å². The van der Waals surface area contributed by atoms with E-state index in [1.165, 1.54) is 0 Å². The fourth-order valence-corrected chi connectivity index (χ4v) is 1.34. The number of primary amides is 2. The number of rotatable bonds is 3. The normalized spacial score (nSPS) is 28.3. The molecule has 0 saturated carbocycles. The van der Waals surface area contributed by atoms with Gasteiger partial charge in [-0.1, -0.05) is 0 Å². The molecular formula is C6H11N3O4. The van der Waals surface area contributed by atoms with Crippen molar-refractivity contribution in [2.75, 3.05) is 6.61 Å². The molecule has 1 aliphatic heterocycles. The molecule has 0 aliphatic carbocycles. The van der Waals surface area contributed by atoms with Gasteiger partial charge in [0, 0.05) is 0 Å². The monoisotopic (exact) mass is 189 g/mol. The average Bonchev–Trinajstić information content (AvgIpc) is 2.77. The Bertz CT molecular complexity index is 224.